The maximum atomic E-state index is 13.9. The van der Waals surface area contributed by atoms with Crippen molar-refractivity contribution < 1.29 is 23.2 Å². The number of alkyl halides is 2. The number of pyridine rings is 1. The van der Waals surface area contributed by atoms with E-state index in [9.17, 15) is 23.2 Å². The second kappa shape index (κ2) is 16.6. The van der Waals surface area contributed by atoms with E-state index in [0.29, 0.717) is 29.8 Å². The molecule has 3 fully saturated rings. The van der Waals surface area contributed by atoms with Crippen LogP contribution in [0.5, 0.6) is 0 Å². The van der Waals surface area contributed by atoms with Gasteiger partial charge in [0.15, 0.2) is 0 Å². The highest BCUT2D eigenvalue weighted by molar-refractivity contribution is 6.21. The molecule has 5 aliphatic rings. The number of amides is 3. The van der Waals surface area contributed by atoms with Crippen LogP contribution in [0, 0.1) is 5.92 Å². The fourth-order valence-corrected chi connectivity index (χ4v) is 10.0. The van der Waals surface area contributed by atoms with Crippen molar-refractivity contribution in [1.82, 2.24) is 30.3 Å². The summed E-state index contributed by atoms with van der Waals surface area (Å²) in [5.74, 6) is -3.54. The number of hydrogen-bond acceptors (Lipinski definition) is 7. The number of piperazine rings is 1. The number of rotatable bonds is 14. The number of benzene rings is 2. The summed E-state index contributed by atoms with van der Waals surface area (Å²) in [4.78, 5) is 51.1. The Bertz CT molecular complexity index is 1800. The van der Waals surface area contributed by atoms with Crippen molar-refractivity contribution in [2.75, 3.05) is 32.7 Å². The summed E-state index contributed by atoms with van der Waals surface area (Å²) >= 11 is 0. The zero-order chi connectivity index (χ0) is 37.9. The van der Waals surface area contributed by atoms with E-state index in [4.69, 9.17) is 4.98 Å². The van der Waals surface area contributed by atoms with E-state index in [1.165, 1.54) is 16.2 Å². The van der Waals surface area contributed by atoms with Gasteiger partial charge in [-0.05, 0) is 100 Å². The number of carbonyl (C=O) groups excluding carboxylic acids is 3. The molecule has 1 saturated carbocycles. The van der Waals surface area contributed by atoms with Crippen LogP contribution in [0.2, 0.25) is 0 Å². The van der Waals surface area contributed by atoms with Crippen molar-refractivity contribution in [2.24, 2.45) is 5.92 Å². The quantitative estimate of drug-likeness (QED) is 0.140. The number of nitrogens with zero attached hydrogens (tertiary/aromatic N) is 4. The Balaban J connectivity index is 0.937. The summed E-state index contributed by atoms with van der Waals surface area (Å²) in [6.07, 6.45) is 9.68. The van der Waals surface area contributed by atoms with E-state index >= 15 is 0 Å². The molecule has 3 amide bonds. The molecule has 3 aliphatic heterocycles. The second-order valence-corrected chi connectivity index (χ2v) is 16.4. The number of halogens is 2. The standard InChI is InChI=1S/C44H54F2N6O3/c45-44(46)22-19-32(20-23-44)41(53)49-36(30-10-2-1-3-11-30)21-27-51-33-17-18-38(51)37(48-28-33)29-50(39-16-8-12-31-13-9-24-47-40(31)39)25-6-7-26-52-42(54)34-14-4-5-15-35(34)43(52)55/h1-5,9-11,13-15,24,32-33,36-39,48H,6-8,12,16-23,25-29H2,(H,49,53)/t33-,36-,37?,38+,39-/m0/s1. The van der Waals surface area contributed by atoms with Crippen molar-refractivity contribution in [2.45, 2.75) is 113 Å². The Morgan fingerprint density at radius 1 is 0.909 bits per heavy atom. The van der Waals surface area contributed by atoms with E-state index in [1.54, 1.807) is 24.3 Å². The van der Waals surface area contributed by atoms with Gasteiger partial charge >= 0.3 is 0 Å². The molecular formula is C44H54F2N6O3. The Kier molecular flexibility index (Phi) is 11.4. The number of fused-ring (bicyclic) bond motifs is 4. The molecule has 9 nitrogen and oxygen atoms in total. The van der Waals surface area contributed by atoms with E-state index in [0.717, 1.165) is 83.1 Å². The molecule has 11 heteroatoms. The van der Waals surface area contributed by atoms with Gasteiger partial charge in [-0.15, -0.1) is 0 Å². The normalized spacial score (nSPS) is 25.5. The van der Waals surface area contributed by atoms with Gasteiger partial charge in [-0.1, -0.05) is 48.5 Å². The number of aryl methyl sites for hydroxylation is 1. The molecule has 2 N–H and O–H groups in total. The summed E-state index contributed by atoms with van der Waals surface area (Å²) < 4.78 is 27.8. The minimum absolute atomic E-state index is 0.106. The molecule has 0 spiro atoms. The molecule has 2 bridgehead atoms. The van der Waals surface area contributed by atoms with Crippen molar-refractivity contribution in [1.29, 1.82) is 0 Å². The monoisotopic (exact) mass is 752 g/mol. The second-order valence-electron chi connectivity index (χ2n) is 16.4. The summed E-state index contributed by atoms with van der Waals surface area (Å²) in [5.41, 5.74) is 4.54. The van der Waals surface area contributed by atoms with Gasteiger partial charge in [-0.3, -0.25) is 34.1 Å². The van der Waals surface area contributed by atoms with Crippen LogP contribution in [-0.2, 0) is 11.2 Å². The molecule has 4 heterocycles. The highest BCUT2D eigenvalue weighted by atomic mass is 19.3. The van der Waals surface area contributed by atoms with Crippen molar-refractivity contribution >= 4 is 17.7 Å². The first-order valence-electron chi connectivity index (χ1n) is 20.6. The number of aromatic nitrogens is 1. The molecule has 3 aromatic rings. The smallest absolute Gasteiger partial charge is 0.261 e. The fourth-order valence-electron chi connectivity index (χ4n) is 10.0. The van der Waals surface area contributed by atoms with Crippen LogP contribution in [0.25, 0.3) is 0 Å². The van der Waals surface area contributed by atoms with E-state index in [-0.39, 0.29) is 67.4 Å². The van der Waals surface area contributed by atoms with Crippen LogP contribution < -0.4 is 10.6 Å². The predicted octanol–water partition coefficient (Wildman–Crippen LogP) is 6.72. The SMILES string of the molecule is O=C(N[C@@H](CCN1[C@H]2CC[C@@H]1C(CN(CCCCN1C(=O)c3ccccc3C1=O)[C@H]1CCCc3cccnc31)NC2)c1ccccc1)C1CCC(F)(F)CC1. The molecule has 2 aromatic carbocycles. The molecule has 5 atom stereocenters. The van der Waals surface area contributed by atoms with Gasteiger partial charge < -0.3 is 10.6 Å². The van der Waals surface area contributed by atoms with Crippen molar-refractivity contribution in [3.63, 3.8) is 0 Å². The summed E-state index contributed by atoms with van der Waals surface area (Å²) in [6, 6.07) is 22.4. The summed E-state index contributed by atoms with van der Waals surface area (Å²) in [7, 11) is 0. The molecule has 55 heavy (non-hydrogen) atoms. The Morgan fingerprint density at radius 2 is 1.65 bits per heavy atom. The van der Waals surface area contributed by atoms with Crippen molar-refractivity contribution in [3.05, 3.63) is 101 Å². The highest BCUT2D eigenvalue weighted by Crippen LogP contribution is 2.38. The lowest BCUT2D eigenvalue weighted by molar-refractivity contribution is -0.130. The van der Waals surface area contributed by atoms with Gasteiger partial charge in [-0.2, -0.15) is 0 Å². The van der Waals surface area contributed by atoms with E-state index in [1.807, 2.05) is 30.5 Å². The van der Waals surface area contributed by atoms with E-state index < -0.39 is 5.92 Å². The van der Waals surface area contributed by atoms with E-state index in [2.05, 4.69) is 38.6 Å². The van der Waals surface area contributed by atoms with Crippen LogP contribution in [0.3, 0.4) is 0 Å². The van der Waals surface area contributed by atoms with Crippen LogP contribution in [-0.4, -0.2) is 94.2 Å². The topological polar surface area (TPSA) is 97.9 Å². The van der Waals surface area contributed by atoms with Gasteiger partial charge in [0.25, 0.3) is 11.8 Å². The number of carbonyl (C=O) groups is 3. The van der Waals surface area contributed by atoms with Crippen LogP contribution >= 0.6 is 0 Å². The lowest BCUT2D eigenvalue weighted by atomic mass is 9.86. The molecule has 1 aromatic heterocycles. The molecule has 1 unspecified atom stereocenters. The minimum atomic E-state index is -2.66. The maximum absolute atomic E-state index is 13.9. The first-order valence-corrected chi connectivity index (χ1v) is 20.6. The number of unbranched alkanes of at least 4 members (excludes halogenated alkanes) is 1. The largest absolute Gasteiger partial charge is 0.349 e. The molecule has 8 rings (SSSR count). The lowest BCUT2D eigenvalue weighted by Crippen LogP contribution is -2.61. The summed E-state index contributed by atoms with van der Waals surface area (Å²) in [6.45, 7) is 3.86. The molecule has 0 radical (unpaired) electrons. The summed E-state index contributed by atoms with van der Waals surface area (Å²) in [5, 5.41) is 7.22. The third kappa shape index (κ3) is 8.25. The lowest BCUT2D eigenvalue weighted by Gasteiger charge is -2.45. The molecular weight excluding hydrogens is 699 g/mol. The van der Waals surface area contributed by atoms with Gasteiger partial charge in [0.1, 0.15) is 0 Å². The number of imide groups is 1. The average Bonchev–Trinajstić information content (AvgIpc) is 3.63. The molecule has 292 valence electrons. The van der Waals surface area contributed by atoms with Gasteiger partial charge in [0.05, 0.1) is 28.9 Å². The van der Waals surface area contributed by atoms with Crippen molar-refractivity contribution in [3.8, 4) is 0 Å². The molecule has 2 aliphatic carbocycles. The third-order valence-corrected chi connectivity index (χ3v) is 13.0. The Labute approximate surface area is 323 Å². The minimum Gasteiger partial charge on any atom is -0.349 e. The number of hydrogen-bond donors (Lipinski definition) is 2. The zero-order valence-electron chi connectivity index (χ0n) is 31.7. The fraction of sp³-hybridized carbons (Fsp3) is 0.545. The van der Waals surface area contributed by atoms with Gasteiger partial charge in [0.2, 0.25) is 11.8 Å². The van der Waals surface area contributed by atoms with Crippen LogP contribution in [0.15, 0.2) is 72.9 Å². The average molecular weight is 753 g/mol. The maximum Gasteiger partial charge on any atom is 0.261 e. The van der Waals surface area contributed by atoms with Crippen LogP contribution in [0.4, 0.5) is 8.78 Å². The zero-order valence-corrected chi connectivity index (χ0v) is 31.7. The Morgan fingerprint density at radius 3 is 2.42 bits per heavy atom. The first-order chi connectivity index (χ1) is 26.8. The van der Waals surface area contributed by atoms with Crippen LogP contribution in [0.1, 0.15) is 120 Å². The van der Waals surface area contributed by atoms with Gasteiger partial charge in [-0.25, -0.2) is 8.78 Å². The third-order valence-electron chi connectivity index (χ3n) is 13.0. The molecule has 2 saturated heterocycles. The Hall–Kier alpha value is -4.06. The van der Waals surface area contributed by atoms with Gasteiger partial charge in [0, 0.05) is 69.3 Å². The first kappa shape index (κ1) is 37.8. The highest BCUT2D eigenvalue weighted by Gasteiger charge is 2.44. The number of nitrogens with one attached hydrogen (secondary N) is 2. The predicted molar refractivity (Wildman–Crippen MR) is 207 cm³/mol.